The second-order valence-corrected chi connectivity index (χ2v) is 13.1. The molecule has 1 fully saturated rings. The standard InChI is InChI=1S/C37H57F2N3O.C2H6/c1-10-13-14-15-16-20-31(11-2)35(29(6)41-25-28(5)42(26-27(41)4)36(43)37(7,8)9)34(40-12-3)21-18-17-19-30-22-32(38)24-33(39)23-30;1-2/h11,16,20,22-24,27-28H,10,12-15,17-19,21,25-26H2,1-9H3;1-2H3/b20-16+,31-11-,35-29+,40-34?;/t27-,28+;/m0./s1. The number of benzene rings is 1. The molecule has 254 valence electrons. The highest BCUT2D eigenvalue weighted by atomic mass is 19.1. The van der Waals surface area contributed by atoms with Crippen LogP contribution in [0.25, 0.3) is 0 Å². The molecule has 1 amide bonds. The highest BCUT2D eigenvalue weighted by Crippen LogP contribution is 2.30. The van der Waals surface area contributed by atoms with E-state index in [1.165, 1.54) is 48.2 Å². The second-order valence-electron chi connectivity index (χ2n) is 13.1. The highest BCUT2D eigenvalue weighted by Gasteiger charge is 2.37. The zero-order valence-electron chi connectivity index (χ0n) is 30.4. The lowest BCUT2D eigenvalue weighted by Crippen LogP contribution is -2.59. The summed E-state index contributed by atoms with van der Waals surface area (Å²) in [6.07, 6.45) is 14.5. The summed E-state index contributed by atoms with van der Waals surface area (Å²) in [5.41, 5.74) is 4.88. The third kappa shape index (κ3) is 12.9. The molecule has 1 heterocycles. The number of hydrogen-bond donors (Lipinski definition) is 0. The summed E-state index contributed by atoms with van der Waals surface area (Å²) in [4.78, 5) is 22.8. The lowest BCUT2D eigenvalue weighted by Gasteiger charge is -2.47. The minimum absolute atomic E-state index is 0.0935. The van der Waals surface area contributed by atoms with Crippen molar-refractivity contribution in [2.75, 3.05) is 19.6 Å². The molecule has 0 saturated carbocycles. The van der Waals surface area contributed by atoms with Crippen LogP contribution in [0.4, 0.5) is 8.78 Å². The fourth-order valence-electron chi connectivity index (χ4n) is 5.93. The molecule has 1 aromatic carbocycles. The predicted molar refractivity (Wildman–Crippen MR) is 190 cm³/mol. The van der Waals surface area contributed by atoms with Crippen LogP contribution in [0.5, 0.6) is 0 Å². The molecule has 0 aromatic heterocycles. The van der Waals surface area contributed by atoms with Crippen LogP contribution in [-0.4, -0.2) is 53.1 Å². The zero-order valence-corrected chi connectivity index (χ0v) is 30.4. The Hall–Kier alpha value is -2.76. The normalized spacial score (nSPS) is 18.6. The number of carbonyl (C=O) groups excluding carboxylic acids is 1. The van der Waals surface area contributed by atoms with Crippen LogP contribution in [0.15, 0.2) is 58.3 Å². The lowest BCUT2D eigenvalue weighted by molar-refractivity contribution is -0.145. The third-order valence-electron chi connectivity index (χ3n) is 8.24. The fourth-order valence-corrected chi connectivity index (χ4v) is 5.93. The Morgan fingerprint density at radius 3 is 2.11 bits per heavy atom. The van der Waals surface area contributed by atoms with Crippen molar-refractivity contribution in [1.82, 2.24) is 9.80 Å². The van der Waals surface area contributed by atoms with Gasteiger partial charge in [0, 0.05) is 60.2 Å². The van der Waals surface area contributed by atoms with Crippen molar-refractivity contribution in [3.8, 4) is 0 Å². The number of halogens is 2. The molecule has 0 unspecified atom stereocenters. The summed E-state index contributed by atoms with van der Waals surface area (Å²) in [5.74, 6) is -0.857. The summed E-state index contributed by atoms with van der Waals surface area (Å²) >= 11 is 0. The minimum atomic E-state index is -0.528. The van der Waals surface area contributed by atoms with Crippen LogP contribution in [0.1, 0.15) is 127 Å². The molecule has 45 heavy (non-hydrogen) atoms. The summed E-state index contributed by atoms with van der Waals surface area (Å²) in [6, 6.07) is 4.02. The van der Waals surface area contributed by atoms with Gasteiger partial charge in [-0.15, -0.1) is 0 Å². The predicted octanol–water partition coefficient (Wildman–Crippen LogP) is 10.5. The van der Waals surface area contributed by atoms with Crippen LogP contribution < -0.4 is 0 Å². The lowest BCUT2D eigenvalue weighted by atomic mass is 9.91. The molecule has 1 aromatic rings. The van der Waals surface area contributed by atoms with Crippen molar-refractivity contribution < 1.29 is 13.6 Å². The quantitative estimate of drug-likeness (QED) is 0.117. The number of piperazine rings is 1. The van der Waals surface area contributed by atoms with E-state index >= 15 is 0 Å². The molecule has 0 N–H and O–H groups in total. The minimum Gasteiger partial charge on any atom is -0.368 e. The van der Waals surface area contributed by atoms with Gasteiger partial charge in [-0.05, 0) is 96.4 Å². The monoisotopic (exact) mass is 627 g/mol. The Kier molecular flexibility index (Phi) is 18.2. The molecule has 2 atom stereocenters. The summed E-state index contributed by atoms with van der Waals surface area (Å²) in [7, 11) is 0. The number of allylic oxidation sites excluding steroid dienone is 6. The van der Waals surface area contributed by atoms with Gasteiger partial charge in [-0.1, -0.05) is 72.6 Å². The molecule has 6 heteroatoms. The number of aryl methyl sites for hydroxylation is 1. The van der Waals surface area contributed by atoms with Gasteiger partial charge in [0.05, 0.1) is 0 Å². The molecule has 0 bridgehead atoms. The van der Waals surface area contributed by atoms with E-state index in [0.717, 1.165) is 44.0 Å². The van der Waals surface area contributed by atoms with Crippen molar-refractivity contribution in [3.63, 3.8) is 0 Å². The van der Waals surface area contributed by atoms with Gasteiger partial charge in [-0.2, -0.15) is 0 Å². The maximum absolute atomic E-state index is 13.7. The van der Waals surface area contributed by atoms with Crippen molar-refractivity contribution in [2.24, 2.45) is 10.4 Å². The van der Waals surface area contributed by atoms with Crippen LogP contribution >= 0.6 is 0 Å². The Bertz CT molecular complexity index is 1150. The van der Waals surface area contributed by atoms with Crippen molar-refractivity contribution >= 4 is 11.6 Å². The second kappa shape index (κ2) is 20.4. The Balaban J connectivity index is 0.00000496. The number of nitrogens with zero attached hydrogens (tertiary/aromatic N) is 3. The Morgan fingerprint density at radius 1 is 0.956 bits per heavy atom. The van der Waals surface area contributed by atoms with E-state index in [1.54, 1.807) is 0 Å². The molecule has 1 aliphatic heterocycles. The van der Waals surface area contributed by atoms with Gasteiger partial charge in [-0.25, -0.2) is 8.78 Å². The van der Waals surface area contributed by atoms with Crippen molar-refractivity contribution in [2.45, 2.75) is 140 Å². The molecule has 0 radical (unpaired) electrons. The highest BCUT2D eigenvalue weighted by molar-refractivity contribution is 6.05. The van der Waals surface area contributed by atoms with Gasteiger partial charge >= 0.3 is 0 Å². The zero-order chi connectivity index (χ0) is 34.2. The topological polar surface area (TPSA) is 35.9 Å². The van der Waals surface area contributed by atoms with E-state index in [2.05, 4.69) is 69.6 Å². The molecule has 1 aliphatic rings. The van der Waals surface area contributed by atoms with Gasteiger partial charge in [0.15, 0.2) is 0 Å². The first-order chi connectivity index (χ1) is 21.3. The summed E-state index contributed by atoms with van der Waals surface area (Å²) < 4.78 is 27.4. The van der Waals surface area contributed by atoms with E-state index in [4.69, 9.17) is 4.99 Å². The van der Waals surface area contributed by atoms with Crippen molar-refractivity contribution in [1.29, 1.82) is 0 Å². The van der Waals surface area contributed by atoms with Gasteiger partial charge in [0.1, 0.15) is 11.6 Å². The molecular formula is C39H63F2N3O. The van der Waals surface area contributed by atoms with E-state index in [1.807, 2.05) is 34.6 Å². The number of rotatable bonds is 14. The van der Waals surface area contributed by atoms with E-state index in [9.17, 15) is 13.6 Å². The number of hydrogen-bond acceptors (Lipinski definition) is 3. The van der Waals surface area contributed by atoms with Gasteiger partial charge in [0.2, 0.25) is 5.91 Å². The van der Waals surface area contributed by atoms with Crippen LogP contribution in [0.3, 0.4) is 0 Å². The van der Waals surface area contributed by atoms with E-state index < -0.39 is 17.0 Å². The van der Waals surface area contributed by atoms with Gasteiger partial charge in [-0.3, -0.25) is 9.79 Å². The Labute approximate surface area is 274 Å². The largest absolute Gasteiger partial charge is 0.368 e. The molecule has 0 aliphatic carbocycles. The molecule has 1 saturated heterocycles. The average molecular weight is 628 g/mol. The maximum Gasteiger partial charge on any atom is 0.228 e. The first-order valence-electron chi connectivity index (χ1n) is 17.4. The summed E-state index contributed by atoms with van der Waals surface area (Å²) in [6.45, 7) is 25.0. The maximum atomic E-state index is 13.7. The number of unbranched alkanes of at least 4 members (excludes halogenated alkanes) is 4. The molecule has 2 rings (SSSR count). The molecule has 4 nitrogen and oxygen atoms in total. The third-order valence-corrected chi connectivity index (χ3v) is 8.24. The van der Waals surface area contributed by atoms with Crippen LogP contribution in [0.2, 0.25) is 0 Å². The number of aliphatic imine (C=N–C) groups is 1. The van der Waals surface area contributed by atoms with E-state index in [-0.39, 0.29) is 18.0 Å². The first-order valence-corrected chi connectivity index (χ1v) is 17.4. The fraction of sp³-hybridized carbons (Fsp3) is 0.641. The molecule has 0 spiro atoms. The number of carbonyl (C=O) groups is 1. The van der Waals surface area contributed by atoms with Crippen molar-refractivity contribution in [3.05, 3.63) is 70.5 Å². The van der Waals surface area contributed by atoms with Gasteiger partial charge in [0.25, 0.3) is 0 Å². The van der Waals surface area contributed by atoms with Gasteiger partial charge < -0.3 is 9.80 Å². The Morgan fingerprint density at radius 2 is 1.56 bits per heavy atom. The van der Waals surface area contributed by atoms with Crippen LogP contribution in [-0.2, 0) is 11.2 Å². The summed E-state index contributed by atoms with van der Waals surface area (Å²) in [5, 5.41) is 0. The average Bonchev–Trinajstić information content (AvgIpc) is 2.98. The SMILES string of the molecule is C/C=C(/C=C/CCCCC)C(\C(CCCCc1cc(F)cc(F)c1)=NCC)=C(\C)N1C[C@@H](C)N(C(=O)C(C)(C)C)C[C@@H]1C.CC. The van der Waals surface area contributed by atoms with E-state index in [0.29, 0.717) is 25.1 Å². The first kappa shape index (κ1) is 40.3. The van der Waals surface area contributed by atoms with Crippen LogP contribution in [0, 0.1) is 17.0 Å². The molecular weight excluding hydrogens is 564 g/mol. The number of amides is 1. The smallest absolute Gasteiger partial charge is 0.228 e.